The fourth-order valence-corrected chi connectivity index (χ4v) is 3.42. The van der Waals surface area contributed by atoms with Gasteiger partial charge in [0.2, 0.25) is 0 Å². The van der Waals surface area contributed by atoms with Gasteiger partial charge >= 0.3 is 0 Å². The molecule has 23 heavy (non-hydrogen) atoms. The SMILES string of the molecule is Cn1ccnc1C(O)C1CCN(CCCc2cccnc2)CC1. The van der Waals surface area contributed by atoms with Crippen LogP contribution in [0.4, 0.5) is 0 Å². The van der Waals surface area contributed by atoms with Crippen molar-refractivity contribution in [3.8, 4) is 0 Å². The Hall–Kier alpha value is -1.72. The number of aryl methyl sites for hydroxylation is 2. The van der Waals surface area contributed by atoms with Crippen LogP contribution < -0.4 is 0 Å². The lowest BCUT2D eigenvalue weighted by Crippen LogP contribution is -2.36. The van der Waals surface area contributed by atoms with Gasteiger partial charge in [0.1, 0.15) is 11.9 Å². The van der Waals surface area contributed by atoms with E-state index in [9.17, 15) is 5.11 Å². The van der Waals surface area contributed by atoms with Gasteiger partial charge in [0, 0.05) is 31.8 Å². The molecule has 3 heterocycles. The van der Waals surface area contributed by atoms with Crippen LogP contribution in [-0.2, 0) is 13.5 Å². The summed E-state index contributed by atoms with van der Waals surface area (Å²) in [4.78, 5) is 11.0. The minimum absolute atomic E-state index is 0.325. The Labute approximate surface area is 138 Å². The third-order valence-corrected chi connectivity index (χ3v) is 4.86. The van der Waals surface area contributed by atoms with Gasteiger partial charge in [-0.25, -0.2) is 4.98 Å². The van der Waals surface area contributed by atoms with E-state index in [1.165, 1.54) is 5.56 Å². The van der Waals surface area contributed by atoms with Crippen molar-refractivity contribution < 1.29 is 5.11 Å². The summed E-state index contributed by atoms with van der Waals surface area (Å²) in [6.45, 7) is 3.26. The zero-order valence-electron chi connectivity index (χ0n) is 13.8. The Morgan fingerprint density at radius 1 is 1.30 bits per heavy atom. The van der Waals surface area contributed by atoms with Gasteiger partial charge in [0.25, 0.3) is 0 Å². The summed E-state index contributed by atoms with van der Waals surface area (Å²) in [6, 6.07) is 4.14. The average molecular weight is 314 g/mol. The maximum absolute atomic E-state index is 10.5. The van der Waals surface area contributed by atoms with Crippen molar-refractivity contribution in [3.63, 3.8) is 0 Å². The van der Waals surface area contributed by atoms with Crippen LogP contribution in [0.2, 0.25) is 0 Å². The van der Waals surface area contributed by atoms with Crippen LogP contribution in [0.5, 0.6) is 0 Å². The number of rotatable bonds is 6. The highest BCUT2D eigenvalue weighted by molar-refractivity contribution is 5.08. The Morgan fingerprint density at radius 2 is 2.13 bits per heavy atom. The fourth-order valence-electron chi connectivity index (χ4n) is 3.42. The number of piperidine rings is 1. The number of nitrogens with zero attached hydrogens (tertiary/aromatic N) is 4. The van der Waals surface area contributed by atoms with E-state index in [0.717, 1.165) is 51.1 Å². The van der Waals surface area contributed by atoms with E-state index in [4.69, 9.17) is 0 Å². The molecule has 1 saturated heterocycles. The van der Waals surface area contributed by atoms with Crippen LogP contribution in [0.15, 0.2) is 36.9 Å². The molecule has 0 aromatic carbocycles. The van der Waals surface area contributed by atoms with Crippen molar-refractivity contribution in [2.75, 3.05) is 19.6 Å². The minimum atomic E-state index is -0.437. The smallest absolute Gasteiger partial charge is 0.137 e. The zero-order valence-corrected chi connectivity index (χ0v) is 13.8. The number of hydrogen-bond acceptors (Lipinski definition) is 4. The minimum Gasteiger partial charge on any atom is -0.385 e. The molecule has 0 saturated carbocycles. The predicted molar refractivity (Wildman–Crippen MR) is 89.9 cm³/mol. The standard InChI is InChI=1S/C18H26N4O/c1-21-13-9-20-18(21)17(23)16-6-11-22(12-7-16)10-3-5-15-4-2-8-19-14-15/h2,4,8-9,13-14,16-17,23H,3,5-7,10-12H2,1H3. The first-order valence-corrected chi connectivity index (χ1v) is 8.50. The number of pyridine rings is 1. The summed E-state index contributed by atoms with van der Waals surface area (Å²) in [5.41, 5.74) is 1.31. The van der Waals surface area contributed by atoms with Gasteiger partial charge < -0.3 is 14.6 Å². The highest BCUT2D eigenvalue weighted by Crippen LogP contribution is 2.29. The molecular weight excluding hydrogens is 288 g/mol. The lowest BCUT2D eigenvalue weighted by Gasteiger charge is -2.34. The van der Waals surface area contributed by atoms with Crippen LogP contribution in [0, 0.1) is 5.92 Å². The second kappa shape index (κ2) is 7.70. The lowest BCUT2D eigenvalue weighted by atomic mass is 9.90. The van der Waals surface area contributed by atoms with Gasteiger partial charge in [-0.05, 0) is 62.9 Å². The Bertz CT molecular complexity index is 590. The summed E-state index contributed by atoms with van der Waals surface area (Å²) in [7, 11) is 1.94. The highest BCUT2D eigenvalue weighted by atomic mass is 16.3. The molecule has 0 spiro atoms. The molecule has 0 aliphatic carbocycles. The molecule has 1 atom stereocenters. The van der Waals surface area contributed by atoms with E-state index in [1.807, 2.05) is 36.3 Å². The highest BCUT2D eigenvalue weighted by Gasteiger charge is 2.28. The second-order valence-electron chi connectivity index (χ2n) is 6.49. The largest absolute Gasteiger partial charge is 0.385 e. The molecule has 0 bridgehead atoms. The molecule has 124 valence electrons. The van der Waals surface area contributed by atoms with Crippen molar-refractivity contribution in [2.24, 2.45) is 13.0 Å². The molecule has 1 unspecified atom stereocenters. The second-order valence-corrected chi connectivity index (χ2v) is 6.49. The van der Waals surface area contributed by atoms with Crippen molar-refractivity contribution in [2.45, 2.75) is 31.8 Å². The van der Waals surface area contributed by atoms with Crippen molar-refractivity contribution in [1.29, 1.82) is 0 Å². The number of aliphatic hydroxyl groups excluding tert-OH is 1. The average Bonchev–Trinajstić information content (AvgIpc) is 3.02. The van der Waals surface area contributed by atoms with Gasteiger partial charge in [-0.3, -0.25) is 4.98 Å². The van der Waals surface area contributed by atoms with Crippen LogP contribution in [-0.4, -0.2) is 44.2 Å². The van der Waals surface area contributed by atoms with E-state index < -0.39 is 6.10 Å². The van der Waals surface area contributed by atoms with E-state index in [2.05, 4.69) is 20.9 Å². The number of imidazole rings is 1. The molecule has 3 rings (SSSR count). The number of aromatic nitrogens is 3. The van der Waals surface area contributed by atoms with Crippen LogP contribution in [0.1, 0.15) is 36.8 Å². The molecule has 0 radical (unpaired) electrons. The first-order chi connectivity index (χ1) is 11.2. The van der Waals surface area contributed by atoms with Gasteiger partial charge in [-0.1, -0.05) is 6.07 Å². The summed E-state index contributed by atoms with van der Waals surface area (Å²) < 4.78 is 1.92. The maximum atomic E-state index is 10.5. The summed E-state index contributed by atoms with van der Waals surface area (Å²) >= 11 is 0. The Kier molecular flexibility index (Phi) is 5.41. The quantitative estimate of drug-likeness (QED) is 0.888. The maximum Gasteiger partial charge on any atom is 0.137 e. The fraction of sp³-hybridized carbons (Fsp3) is 0.556. The molecule has 0 amide bonds. The first kappa shape index (κ1) is 16.1. The number of hydrogen-bond donors (Lipinski definition) is 1. The summed E-state index contributed by atoms with van der Waals surface area (Å²) in [6.07, 6.45) is 11.3. The normalized spacial score (nSPS) is 18.2. The Balaban J connectivity index is 1.41. The molecule has 1 fully saturated rings. The van der Waals surface area contributed by atoms with Gasteiger partial charge in [-0.2, -0.15) is 0 Å². The monoisotopic (exact) mass is 314 g/mol. The summed E-state index contributed by atoms with van der Waals surface area (Å²) in [5.74, 6) is 1.12. The number of aliphatic hydroxyl groups is 1. The summed E-state index contributed by atoms with van der Waals surface area (Å²) in [5, 5.41) is 10.5. The van der Waals surface area contributed by atoms with Crippen molar-refractivity contribution in [3.05, 3.63) is 48.3 Å². The first-order valence-electron chi connectivity index (χ1n) is 8.50. The van der Waals surface area contributed by atoms with Gasteiger partial charge in [0.15, 0.2) is 0 Å². The van der Waals surface area contributed by atoms with Crippen LogP contribution in [0.25, 0.3) is 0 Å². The predicted octanol–water partition coefficient (Wildman–Crippen LogP) is 2.19. The molecule has 1 N–H and O–H groups in total. The molecule has 1 aliphatic rings. The zero-order chi connectivity index (χ0) is 16.1. The third-order valence-electron chi connectivity index (χ3n) is 4.86. The lowest BCUT2D eigenvalue weighted by molar-refractivity contribution is 0.0509. The van der Waals surface area contributed by atoms with Gasteiger partial charge in [-0.15, -0.1) is 0 Å². The van der Waals surface area contributed by atoms with E-state index in [1.54, 1.807) is 6.20 Å². The van der Waals surface area contributed by atoms with Crippen molar-refractivity contribution in [1.82, 2.24) is 19.4 Å². The molecular formula is C18H26N4O. The number of likely N-dealkylation sites (tertiary alicyclic amines) is 1. The Morgan fingerprint density at radius 3 is 2.78 bits per heavy atom. The van der Waals surface area contributed by atoms with E-state index in [-0.39, 0.29) is 0 Å². The molecule has 5 nitrogen and oxygen atoms in total. The van der Waals surface area contributed by atoms with E-state index >= 15 is 0 Å². The topological polar surface area (TPSA) is 54.2 Å². The van der Waals surface area contributed by atoms with Crippen LogP contribution in [0.3, 0.4) is 0 Å². The van der Waals surface area contributed by atoms with Crippen molar-refractivity contribution >= 4 is 0 Å². The van der Waals surface area contributed by atoms with Gasteiger partial charge in [0.05, 0.1) is 0 Å². The van der Waals surface area contributed by atoms with E-state index in [0.29, 0.717) is 5.92 Å². The molecule has 2 aromatic heterocycles. The molecule has 1 aliphatic heterocycles. The van der Waals surface area contributed by atoms with Crippen LogP contribution >= 0.6 is 0 Å². The molecule has 5 heteroatoms. The molecule has 2 aromatic rings. The third kappa shape index (κ3) is 4.18.